The van der Waals surface area contributed by atoms with Gasteiger partial charge in [0, 0.05) is 18.3 Å². The number of aliphatic hydroxyl groups excluding tert-OH is 1. The van der Waals surface area contributed by atoms with E-state index in [-0.39, 0.29) is 6.54 Å². The molecule has 0 saturated heterocycles. The number of nitrogens with one attached hydrogen (secondary N) is 2. The van der Waals surface area contributed by atoms with Crippen molar-refractivity contribution in [1.29, 1.82) is 0 Å². The van der Waals surface area contributed by atoms with E-state index < -0.39 is 12.2 Å². The lowest BCUT2D eigenvalue weighted by molar-refractivity contribution is 0.175. The summed E-state index contributed by atoms with van der Waals surface area (Å²) in [6, 6.07) is 15.2. The zero-order valence-electron chi connectivity index (χ0n) is 14.0. The van der Waals surface area contributed by atoms with Crippen LogP contribution in [0.5, 0.6) is 0 Å². The van der Waals surface area contributed by atoms with Gasteiger partial charge < -0.3 is 20.1 Å². The van der Waals surface area contributed by atoms with E-state index in [2.05, 4.69) is 16.9 Å². The molecule has 5 heteroatoms. The molecule has 128 valence electrons. The number of aliphatic hydroxyl groups is 1. The van der Waals surface area contributed by atoms with Gasteiger partial charge in [-0.05, 0) is 47.2 Å². The molecule has 0 aliphatic heterocycles. The summed E-state index contributed by atoms with van der Waals surface area (Å²) >= 11 is 0. The maximum atomic E-state index is 11.6. The summed E-state index contributed by atoms with van der Waals surface area (Å²) in [5.41, 5.74) is 3.38. The number of amides is 1. The molecule has 0 bridgehead atoms. The molecule has 5 nitrogen and oxygen atoms in total. The first-order valence-corrected chi connectivity index (χ1v) is 7.98. The van der Waals surface area contributed by atoms with Crippen LogP contribution in [0.25, 0.3) is 10.9 Å². The summed E-state index contributed by atoms with van der Waals surface area (Å²) in [6.45, 7) is 5.39. The van der Waals surface area contributed by atoms with Crippen LogP contribution < -0.4 is 5.32 Å². The maximum Gasteiger partial charge on any atom is 0.412 e. The molecular weight excluding hydrogens is 316 g/mol. The van der Waals surface area contributed by atoms with E-state index in [1.54, 1.807) is 6.92 Å². The fourth-order valence-electron chi connectivity index (χ4n) is 2.75. The number of carbonyl (C=O) groups is 1. The molecule has 3 N–H and O–H groups in total. The van der Waals surface area contributed by atoms with Gasteiger partial charge >= 0.3 is 6.09 Å². The number of hydrogen-bond acceptors (Lipinski definition) is 3. The summed E-state index contributed by atoms with van der Waals surface area (Å²) in [6.07, 6.45) is 0.520. The number of hydrogen-bond donors (Lipinski definition) is 3. The van der Waals surface area contributed by atoms with Crippen molar-refractivity contribution in [2.45, 2.75) is 19.6 Å². The minimum Gasteiger partial charge on any atom is -0.416 e. The van der Waals surface area contributed by atoms with Crippen molar-refractivity contribution in [2.75, 3.05) is 0 Å². The van der Waals surface area contributed by atoms with Gasteiger partial charge in [-0.1, -0.05) is 36.9 Å². The summed E-state index contributed by atoms with van der Waals surface area (Å²) in [5, 5.41) is 14.5. The standard InChI is InChI=1S/C20H20N2O3/c1-13(2)25-20(24)22-12-16-5-3-4-6-17(16)19(23)15-7-8-18-14(11-15)9-10-21-18/h3-11,19,21,23H,1,12H2,2H3,(H,22,24). The second-order valence-electron chi connectivity index (χ2n) is 5.87. The minimum absolute atomic E-state index is 0.256. The molecule has 0 radical (unpaired) electrons. The number of fused-ring (bicyclic) bond motifs is 1. The molecule has 3 rings (SSSR count). The van der Waals surface area contributed by atoms with Crippen LogP contribution in [-0.2, 0) is 11.3 Å². The van der Waals surface area contributed by atoms with Gasteiger partial charge in [-0.15, -0.1) is 0 Å². The van der Waals surface area contributed by atoms with Gasteiger partial charge in [0.05, 0.1) is 5.76 Å². The van der Waals surface area contributed by atoms with E-state index in [9.17, 15) is 9.90 Å². The molecule has 1 heterocycles. The first kappa shape index (κ1) is 16.8. The number of aromatic amines is 1. The molecule has 0 spiro atoms. The molecule has 0 saturated carbocycles. The smallest absolute Gasteiger partial charge is 0.412 e. The van der Waals surface area contributed by atoms with Crippen molar-refractivity contribution in [2.24, 2.45) is 0 Å². The Labute approximate surface area is 145 Å². The quantitative estimate of drug-likeness (QED) is 0.616. The van der Waals surface area contributed by atoms with E-state index in [0.717, 1.165) is 27.6 Å². The molecule has 3 aromatic rings. The fraction of sp³-hybridized carbons (Fsp3) is 0.150. The minimum atomic E-state index is -0.783. The molecule has 0 aliphatic rings. The van der Waals surface area contributed by atoms with E-state index in [4.69, 9.17) is 4.74 Å². The first-order chi connectivity index (χ1) is 12.0. The van der Waals surface area contributed by atoms with E-state index >= 15 is 0 Å². The van der Waals surface area contributed by atoms with Gasteiger partial charge in [-0.25, -0.2) is 4.79 Å². The van der Waals surface area contributed by atoms with Crippen LogP contribution in [0.15, 0.2) is 67.1 Å². The second-order valence-corrected chi connectivity index (χ2v) is 5.87. The van der Waals surface area contributed by atoms with Crippen LogP contribution in [-0.4, -0.2) is 16.2 Å². The Morgan fingerprint density at radius 1 is 1.28 bits per heavy atom. The molecule has 0 fully saturated rings. The van der Waals surface area contributed by atoms with Crippen LogP contribution in [0.2, 0.25) is 0 Å². The zero-order chi connectivity index (χ0) is 17.8. The molecule has 1 aromatic heterocycles. The van der Waals surface area contributed by atoms with Gasteiger partial charge in [0.25, 0.3) is 0 Å². The van der Waals surface area contributed by atoms with Gasteiger partial charge in [0.2, 0.25) is 0 Å². The highest BCUT2D eigenvalue weighted by Gasteiger charge is 2.15. The fourth-order valence-corrected chi connectivity index (χ4v) is 2.75. The van der Waals surface area contributed by atoms with Crippen molar-refractivity contribution in [3.8, 4) is 0 Å². The van der Waals surface area contributed by atoms with Crippen LogP contribution in [0.3, 0.4) is 0 Å². The van der Waals surface area contributed by atoms with Crippen LogP contribution in [0, 0.1) is 0 Å². The molecule has 1 amide bonds. The van der Waals surface area contributed by atoms with E-state index in [1.807, 2.05) is 54.7 Å². The highest BCUT2D eigenvalue weighted by atomic mass is 16.6. The third kappa shape index (κ3) is 3.89. The third-order valence-electron chi connectivity index (χ3n) is 3.93. The zero-order valence-corrected chi connectivity index (χ0v) is 14.0. The lowest BCUT2D eigenvalue weighted by Crippen LogP contribution is -2.24. The number of alkyl carbamates (subject to hydrolysis) is 1. The van der Waals surface area contributed by atoms with Crippen LogP contribution in [0.1, 0.15) is 29.7 Å². The molecule has 0 aliphatic carbocycles. The second kappa shape index (κ2) is 7.23. The van der Waals surface area contributed by atoms with Crippen LogP contribution >= 0.6 is 0 Å². The highest BCUT2D eigenvalue weighted by molar-refractivity contribution is 5.80. The number of rotatable bonds is 5. The number of aromatic nitrogens is 1. The normalized spacial score (nSPS) is 11.9. The van der Waals surface area contributed by atoms with E-state index in [0.29, 0.717) is 5.76 Å². The van der Waals surface area contributed by atoms with Crippen molar-refractivity contribution in [3.63, 3.8) is 0 Å². The van der Waals surface area contributed by atoms with Gasteiger partial charge in [-0.2, -0.15) is 0 Å². The monoisotopic (exact) mass is 336 g/mol. The van der Waals surface area contributed by atoms with Crippen LogP contribution in [0.4, 0.5) is 4.79 Å². The molecule has 1 atom stereocenters. The molecule has 25 heavy (non-hydrogen) atoms. The average Bonchev–Trinajstić information content (AvgIpc) is 3.06. The van der Waals surface area contributed by atoms with Gasteiger partial charge in [0.1, 0.15) is 6.10 Å². The Morgan fingerprint density at radius 2 is 2.08 bits per heavy atom. The Morgan fingerprint density at radius 3 is 2.88 bits per heavy atom. The number of allylic oxidation sites excluding steroid dienone is 1. The molecular formula is C20H20N2O3. The number of benzene rings is 2. The highest BCUT2D eigenvalue weighted by Crippen LogP contribution is 2.27. The SMILES string of the molecule is C=C(C)OC(=O)NCc1ccccc1C(O)c1ccc2[nH]ccc2c1. The number of carbonyl (C=O) groups excluding carboxylic acids is 1. The van der Waals surface area contributed by atoms with Crippen molar-refractivity contribution in [1.82, 2.24) is 10.3 Å². The Hall–Kier alpha value is -3.05. The Bertz CT molecular complexity index is 914. The lowest BCUT2D eigenvalue weighted by atomic mass is 9.96. The van der Waals surface area contributed by atoms with Gasteiger partial charge in [0.15, 0.2) is 0 Å². The largest absolute Gasteiger partial charge is 0.416 e. The molecule has 2 aromatic carbocycles. The summed E-state index contributed by atoms with van der Waals surface area (Å²) in [7, 11) is 0. The molecule has 1 unspecified atom stereocenters. The van der Waals surface area contributed by atoms with Crippen molar-refractivity contribution < 1.29 is 14.6 Å². The predicted molar refractivity (Wildman–Crippen MR) is 96.9 cm³/mol. The predicted octanol–water partition coefficient (Wildman–Crippen LogP) is 4.01. The maximum absolute atomic E-state index is 11.6. The Kier molecular flexibility index (Phi) is 4.86. The first-order valence-electron chi connectivity index (χ1n) is 7.98. The average molecular weight is 336 g/mol. The Balaban J connectivity index is 1.81. The number of H-pyrrole nitrogens is 1. The summed E-state index contributed by atoms with van der Waals surface area (Å²) in [4.78, 5) is 14.8. The summed E-state index contributed by atoms with van der Waals surface area (Å²) in [5.74, 6) is 0.325. The third-order valence-corrected chi connectivity index (χ3v) is 3.93. The van der Waals surface area contributed by atoms with Crippen molar-refractivity contribution >= 4 is 17.0 Å². The van der Waals surface area contributed by atoms with Gasteiger partial charge in [-0.3, -0.25) is 0 Å². The van der Waals surface area contributed by atoms with Crippen molar-refractivity contribution in [3.05, 3.63) is 83.8 Å². The lowest BCUT2D eigenvalue weighted by Gasteiger charge is -2.16. The topological polar surface area (TPSA) is 74.3 Å². The number of ether oxygens (including phenoxy) is 1. The summed E-state index contributed by atoms with van der Waals surface area (Å²) < 4.78 is 4.89. The van der Waals surface area contributed by atoms with E-state index in [1.165, 1.54) is 0 Å².